The Morgan fingerprint density at radius 1 is 1.13 bits per heavy atom. The summed E-state index contributed by atoms with van der Waals surface area (Å²) in [5, 5.41) is 12.4. The molecule has 3 heterocycles. The molecule has 0 saturated heterocycles. The molecular weight excluding hydrogens is 389 g/mol. The molecule has 1 aliphatic heterocycles. The first-order valence-corrected chi connectivity index (χ1v) is 9.58. The van der Waals surface area contributed by atoms with Gasteiger partial charge in [0.05, 0.1) is 25.5 Å². The van der Waals surface area contributed by atoms with E-state index in [0.29, 0.717) is 36.8 Å². The van der Waals surface area contributed by atoms with Crippen LogP contribution in [0.25, 0.3) is 23.0 Å². The molecule has 0 unspecified atom stereocenters. The molecule has 0 amide bonds. The summed E-state index contributed by atoms with van der Waals surface area (Å²) in [6.07, 6.45) is -0.139. The molecule has 2 aromatic heterocycles. The summed E-state index contributed by atoms with van der Waals surface area (Å²) in [7, 11) is 0. The standard InChI is InChI=1S/C21H18FN5O3/c1-2-28-16-9-5-13(6-10-16)18-11-27-17(12-29-18)19(24-26-27)21-23-20(25-30-21)14-3-7-15(22)8-4-14/h3-10,18H,2,11-12H2,1H3/t18-/m1/s1. The van der Waals surface area contributed by atoms with Gasteiger partial charge < -0.3 is 14.0 Å². The summed E-state index contributed by atoms with van der Waals surface area (Å²) < 4.78 is 31.8. The van der Waals surface area contributed by atoms with Gasteiger partial charge in [-0.3, -0.25) is 0 Å². The van der Waals surface area contributed by atoms with E-state index in [-0.39, 0.29) is 17.8 Å². The third-order valence-electron chi connectivity index (χ3n) is 4.89. The molecule has 152 valence electrons. The van der Waals surface area contributed by atoms with Gasteiger partial charge in [-0.1, -0.05) is 22.5 Å². The summed E-state index contributed by atoms with van der Waals surface area (Å²) in [6, 6.07) is 13.7. The average Bonchev–Trinajstić information content (AvgIpc) is 3.42. The highest BCUT2D eigenvalue weighted by Gasteiger charge is 2.28. The van der Waals surface area contributed by atoms with Crippen molar-refractivity contribution < 1.29 is 18.4 Å². The van der Waals surface area contributed by atoms with Gasteiger partial charge in [0.2, 0.25) is 5.82 Å². The normalized spacial score (nSPS) is 15.7. The van der Waals surface area contributed by atoms with Gasteiger partial charge in [0, 0.05) is 5.56 Å². The van der Waals surface area contributed by atoms with E-state index in [1.165, 1.54) is 12.1 Å². The average molecular weight is 407 g/mol. The van der Waals surface area contributed by atoms with E-state index in [4.69, 9.17) is 14.0 Å². The summed E-state index contributed by atoms with van der Waals surface area (Å²) in [4.78, 5) is 4.38. The molecule has 0 spiro atoms. The minimum atomic E-state index is -0.325. The van der Waals surface area contributed by atoms with E-state index in [1.54, 1.807) is 16.8 Å². The molecule has 2 aromatic carbocycles. The minimum Gasteiger partial charge on any atom is -0.494 e. The highest BCUT2D eigenvalue weighted by Crippen LogP contribution is 2.31. The van der Waals surface area contributed by atoms with Crippen molar-refractivity contribution in [3.8, 4) is 28.7 Å². The molecule has 8 nitrogen and oxygen atoms in total. The zero-order valence-electron chi connectivity index (χ0n) is 16.2. The lowest BCUT2D eigenvalue weighted by molar-refractivity contribution is -0.00119. The molecule has 0 radical (unpaired) electrons. The molecule has 0 fully saturated rings. The molecule has 0 bridgehead atoms. The smallest absolute Gasteiger partial charge is 0.280 e. The largest absolute Gasteiger partial charge is 0.494 e. The number of hydrogen-bond donors (Lipinski definition) is 0. The Balaban J connectivity index is 1.36. The minimum absolute atomic E-state index is 0.139. The first-order valence-electron chi connectivity index (χ1n) is 9.58. The fourth-order valence-corrected chi connectivity index (χ4v) is 3.36. The zero-order valence-corrected chi connectivity index (χ0v) is 16.2. The van der Waals surface area contributed by atoms with Crippen molar-refractivity contribution in [2.45, 2.75) is 26.2 Å². The highest BCUT2D eigenvalue weighted by atomic mass is 19.1. The third-order valence-corrected chi connectivity index (χ3v) is 4.89. The van der Waals surface area contributed by atoms with Crippen LogP contribution in [0.15, 0.2) is 53.1 Å². The van der Waals surface area contributed by atoms with Gasteiger partial charge >= 0.3 is 0 Å². The van der Waals surface area contributed by atoms with Crippen molar-refractivity contribution in [2.24, 2.45) is 0 Å². The number of hydrogen-bond acceptors (Lipinski definition) is 7. The van der Waals surface area contributed by atoms with E-state index in [2.05, 4.69) is 20.5 Å². The van der Waals surface area contributed by atoms with Crippen LogP contribution in [0.5, 0.6) is 5.75 Å². The van der Waals surface area contributed by atoms with Gasteiger partial charge in [-0.15, -0.1) is 5.10 Å². The fourth-order valence-electron chi connectivity index (χ4n) is 3.36. The molecule has 5 rings (SSSR count). The molecule has 9 heteroatoms. The predicted molar refractivity (Wildman–Crippen MR) is 104 cm³/mol. The van der Waals surface area contributed by atoms with Crippen LogP contribution < -0.4 is 4.74 Å². The number of nitrogens with zero attached hydrogens (tertiary/aromatic N) is 5. The molecule has 0 saturated carbocycles. The SMILES string of the molecule is CCOc1ccc([C@H]2Cn3nnc(-c4nc(-c5ccc(F)cc5)no4)c3CO2)cc1. The first-order chi connectivity index (χ1) is 14.7. The van der Waals surface area contributed by atoms with E-state index in [1.807, 2.05) is 31.2 Å². The number of ether oxygens (including phenoxy) is 2. The van der Waals surface area contributed by atoms with Crippen LogP contribution in [-0.2, 0) is 17.9 Å². The van der Waals surface area contributed by atoms with E-state index >= 15 is 0 Å². The van der Waals surface area contributed by atoms with Gasteiger partial charge in [0.15, 0.2) is 5.69 Å². The molecule has 30 heavy (non-hydrogen) atoms. The van der Waals surface area contributed by atoms with Crippen LogP contribution in [-0.4, -0.2) is 31.7 Å². The van der Waals surface area contributed by atoms with Gasteiger partial charge in [0.25, 0.3) is 5.89 Å². The number of halogens is 1. The van der Waals surface area contributed by atoms with Crippen molar-refractivity contribution in [3.63, 3.8) is 0 Å². The van der Waals surface area contributed by atoms with Crippen molar-refractivity contribution in [2.75, 3.05) is 6.61 Å². The summed E-state index contributed by atoms with van der Waals surface area (Å²) in [5.41, 5.74) is 2.95. The van der Waals surface area contributed by atoms with Crippen LogP contribution in [0.4, 0.5) is 4.39 Å². The highest BCUT2D eigenvalue weighted by molar-refractivity contribution is 5.58. The molecular formula is C21H18FN5O3. The van der Waals surface area contributed by atoms with Gasteiger partial charge in [-0.2, -0.15) is 4.98 Å². The maximum absolute atomic E-state index is 13.1. The monoisotopic (exact) mass is 407 g/mol. The quantitative estimate of drug-likeness (QED) is 0.497. The van der Waals surface area contributed by atoms with E-state index in [9.17, 15) is 4.39 Å². The Morgan fingerprint density at radius 3 is 2.70 bits per heavy atom. The van der Waals surface area contributed by atoms with Gasteiger partial charge in [-0.05, 0) is 48.9 Å². The Bertz CT molecular complexity index is 1150. The molecule has 1 aliphatic rings. The van der Waals surface area contributed by atoms with E-state index in [0.717, 1.165) is 17.0 Å². The first kappa shape index (κ1) is 18.4. The Morgan fingerprint density at radius 2 is 1.93 bits per heavy atom. The topological polar surface area (TPSA) is 88.1 Å². The predicted octanol–water partition coefficient (Wildman–Crippen LogP) is 3.80. The summed E-state index contributed by atoms with van der Waals surface area (Å²) >= 11 is 0. The van der Waals surface area contributed by atoms with Crippen LogP contribution in [0, 0.1) is 5.82 Å². The number of rotatable bonds is 5. The number of fused-ring (bicyclic) bond motifs is 1. The van der Waals surface area contributed by atoms with Crippen LogP contribution in [0.2, 0.25) is 0 Å². The molecule has 1 atom stereocenters. The lowest BCUT2D eigenvalue weighted by Crippen LogP contribution is -2.22. The van der Waals surface area contributed by atoms with E-state index < -0.39 is 0 Å². The Labute approximate surface area is 171 Å². The summed E-state index contributed by atoms with van der Waals surface area (Å²) in [5.74, 6) is 1.11. The van der Waals surface area contributed by atoms with Crippen molar-refractivity contribution >= 4 is 0 Å². The maximum Gasteiger partial charge on any atom is 0.280 e. The Kier molecular flexibility index (Phi) is 4.72. The number of aromatic nitrogens is 5. The lowest BCUT2D eigenvalue weighted by atomic mass is 10.1. The fraction of sp³-hybridized carbons (Fsp3) is 0.238. The molecule has 0 N–H and O–H groups in total. The van der Waals surface area contributed by atoms with Crippen molar-refractivity contribution in [3.05, 3.63) is 65.6 Å². The van der Waals surface area contributed by atoms with Crippen LogP contribution >= 0.6 is 0 Å². The summed E-state index contributed by atoms with van der Waals surface area (Å²) in [6.45, 7) is 3.42. The Hall–Kier alpha value is -3.59. The van der Waals surface area contributed by atoms with Crippen molar-refractivity contribution in [1.29, 1.82) is 0 Å². The third kappa shape index (κ3) is 3.43. The second-order valence-corrected chi connectivity index (χ2v) is 6.80. The van der Waals surface area contributed by atoms with Crippen LogP contribution in [0.3, 0.4) is 0 Å². The zero-order chi connectivity index (χ0) is 20.5. The number of benzene rings is 2. The lowest BCUT2D eigenvalue weighted by Gasteiger charge is -2.24. The van der Waals surface area contributed by atoms with Crippen LogP contribution in [0.1, 0.15) is 24.3 Å². The van der Waals surface area contributed by atoms with Gasteiger partial charge in [0.1, 0.15) is 17.7 Å². The second-order valence-electron chi connectivity index (χ2n) is 6.80. The molecule has 4 aromatic rings. The second kappa shape index (κ2) is 7.68. The molecule has 0 aliphatic carbocycles. The van der Waals surface area contributed by atoms with Gasteiger partial charge in [-0.25, -0.2) is 9.07 Å². The maximum atomic E-state index is 13.1. The van der Waals surface area contributed by atoms with Crippen molar-refractivity contribution in [1.82, 2.24) is 25.1 Å².